The van der Waals surface area contributed by atoms with Crippen LogP contribution in [0.2, 0.25) is 0 Å². The number of anilines is 4. The lowest BCUT2D eigenvalue weighted by Crippen LogP contribution is -2.33. The fraction of sp³-hybridized carbons (Fsp3) is 0.389. The van der Waals surface area contributed by atoms with E-state index in [0.29, 0.717) is 17.3 Å². The van der Waals surface area contributed by atoms with Gasteiger partial charge in [0.1, 0.15) is 12.0 Å². The van der Waals surface area contributed by atoms with Crippen molar-refractivity contribution in [3.63, 3.8) is 0 Å². The minimum atomic E-state index is 0.519. The van der Waals surface area contributed by atoms with Gasteiger partial charge in [-0.25, -0.2) is 15.0 Å². The molecule has 1 aromatic carbocycles. The molecule has 1 saturated heterocycles. The van der Waals surface area contributed by atoms with Crippen molar-refractivity contribution in [3.8, 4) is 0 Å². The van der Waals surface area contributed by atoms with Crippen LogP contribution in [0.25, 0.3) is 10.2 Å². The number of nitrogens with two attached hydrogens (primary N) is 1. The highest BCUT2D eigenvalue weighted by atomic mass is 32.1. The van der Waals surface area contributed by atoms with E-state index in [1.807, 2.05) is 18.2 Å². The Labute approximate surface area is 156 Å². The van der Waals surface area contributed by atoms with Gasteiger partial charge in [-0.05, 0) is 38.1 Å². The van der Waals surface area contributed by atoms with Crippen molar-refractivity contribution in [2.24, 2.45) is 0 Å². The lowest BCUT2D eigenvalue weighted by atomic mass is 10.1. The molecule has 0 unspecified atom stereocenters. The zero-order valence-electron chi connectivity index (χ0n) is 14.6. The van der Waals surface area contributed by atoms with Crippen molar-refractivity contribution in [2.45, 2.75) is 19.3 Å². The number of rotatable bonds is 6. The van der Waals surface area contributed by atoms with Crippen molar-refractivity contribution >= 4 is 44.0 Å². The Morgan fingerprint density at radius 3 is 2.73 bits per heavy atom. The number of nitrogens with zero attached hydrogens (tertiary/aromatic N) is 4. The summed E-state index contributed by atoms with van der Waals surface area (Å²) in [4.78, 5) is 15.6. The number of likely N-dealkylation sites (tertiary alicyclic amines) is 1. The van der Waals surface area contributed by atoms with Crippen molar-refractivity contribution in [1.82, 2.24) is 19.9 Å². The summed E-state index contributed by atoms with van der Waals surface area (Å²) >= 11 is 1.58. The first-order valence-corrected chi connectivity index (χ1v) is 9.80. The molecule has 7 nitrogen and oxygen atoms in total. The average Bonchev–Trinajstić information content (AvgIpc) is 3.08. The molecule has 1 aliphatic heterocycles. The van der Waals surface area contributed by atoms with Gasteiger partial charge < -0.3 is 21.3 Å². The van der Waals surface area contributed by atoms with E-state index < -0.39 is 0 Å². The second-order valence-corrected chi connectivity index (χ2v) is 7.46. The molecule has 26 heavy (non-hydrogen) atoms. The normalized spacial score (nSPS) is 15.2. The van der Waals surface area contributed by atoms with Crippen LogP contribution in [0, 0.1) is 0 Å². The zero-order valence-corrected chi connectivity index (χ0v) is 15.4. The Kier molecular flexibility index (Phi) is 5.12. The summed E-state index contributed by atoms with van der Waals surface area (Å²) in [7, 11) is 0. The van der Waals surface area contributed by atoms with Crippen molar-refractivity contribution < 1.29 is 0 Å². The molecule has 4 N–H and O–H groups in total. The number of hydrogen-bond acceptors (Lipinski definition) is 8. The third-order valence-electron chi connectivity index (χ3n) is 4.57. The quantitative estimate of drug-likeness (QED) is 0.614. The maximum atomic E-state index is 6.26. The van der Waals surface area contributed by atoms with Crippen LogP contribution in [0.1, 0.15) is 19.3 Å². The average molecular weight is 369 g/mol. The van der Waals surface area contributed by atoms with Gasteiger partial charge >= 0.3 is 0 Å². The van der Waals surface area contributed by atoms with E-state index >= 15 is 0 Å². The lowest BCUT2D eigenvalue weighted by Gasteiger charge is -2.26. The molecular formula is C18H23N7S. The summed E-state index contributed by atoms with van der Waals surface area (Å²) in [5.41, 5.74) is 7.74. The van der Waals surface area contributed by atoms with E-state index in [-0.39, 0.29) is 0 Å². The summed E-state index contributed by atoms with van der Waals surface area (Å²) in [6, 6.07) is 8.03. The molecule has 0 bridgehead atoms. The van der Waals surface area contributed by atoms with Crippen LogP contribution in [-0.2, 0) is 0 Å². The Hall–Kier alpha value is -2.45. The topological polar surface area (TPSA) is 92.0 Å². The largest absolute Gasteiger partial charge is 0.393 e. The van der Waals surface area contributed by atoms with Gasteiger partial charge in [-0.1, -0.05) is 29.9 Å². The van der Waals surface area contributed by atoms with Crippen LogP contribution >= 0.6 is 11.3 Å². The summed E-state index contributed by atoms with van der Waals surface area (Å²) < 4.78 is 1.13. The summed E-state index contributed by atoms with van der Waals surface area (Å²) in [5, 5.41) is 7.33. The number of thiazole rings is 1. The first kappa shape index (κ1) is 17.0. The van der Waals surface area contributed by atoms with Crippen LogP contribution in [-0.4, -0.2) is 46.0 Å². The van der Waals surface area contributed by atoms with E-state index in [4.69, 9.17) is 5.73 Å². The van der Waals surface area contributed by atoms with Crippen LogP contribution in [0.15, 0.2) is 30.6 Å². The summed E-state index contributed by atoms with van der Waals surface area (Å²) in [6.45, 7) is 4.20. The first-order valence-electron chi connectivity index (χ1n) is 8.99. The van der Waals surface area contributed by atoms with Gasteiger partial charge in [-0.2, -0.15) is 0 Å². The molecule has 2 aromatic heterocycles. The molecule has 136 valence electrons. The number of para-hydroxylation sites is 1. The molecule has 1 fully saturated rings. The Balaban J connectivity index is 1.41. The third kappa shape index (κ3) is 3.86. The zero-order chi connectivity index (χ0) is 17.8. The maximum absolute atomic E-state index is 6.26. The highest BCUT2D eigenvalue weighted by molar-refractivity contribution is 7.22. The first-order chi connectivity index (χ1) is 12.8. The fourth-order valence-corrected chi connectivity index (χ4v) is 4.04. The van der Waals surface area contributed by atoms with Crippen LogP contribution < -0.4 is 16.4 Å². The molecule has 3 aromatic rings. The number of nitrogens with one attached hydrogen (secondary N) is 2. The Morgan fingerprint density at radius 1 is 1.08 bits per heavy atom. The van der Waals surface area contributed by atoms with E-state index in [9.17, 15) is 0 Å². The maximum Gasteiger partial charge on any atom is 0.189 e. The number of benzene rings is 1. The van der Waals surface area contributed by atoms with Crippen LogP contribution in [0.4, 0.5) is 22.5 Å². The molecule has 0 radical (unpaired) electrons. The smallest absolute Gasteiger partial charge is 0.189 e. The van der Waals surface area contributed by atoms with Crippen molar-refractivity contribution in [1.29, 1.82) is 0 Å². The highest BCUT2D eigenvalue weighted by Crippen LogP contribution is 2.30. The summed E-state index contributed by atoms with van der Waals surface area (Å²) in [6.07, 6.45) is 5.47. The minimum Gasteiger partial charge on any atom is -0.393 e. The number of nitrogen functional groups attached to an aromatic ring is 1. The monoisotopic (exact) mass is 369 g/mol. The third-order valence-corrected chi connectivity index (χ3v) is 5.52. The van der Waals surface area contributed by atoms with Gasteiger partial charge in [0, 0.05) is 13.1 Å². The molecule has 4 rings (SSSR count). The second kappa shape index (κ2) is 7.84. The molecule has 8 heteroatoms. The molecule has 0 saturated carbocycles. The number of fused-ring (bicyclic) bond motifs is 1. The van der Waals surface area contributed by atoms with E-state index in [1.54, 1.807) is 11.3 Å². The number of hydrogen-bond donors (Lipinski definition) is 3. The molecule has 3 heterocycles. The lowest BCUT2D eigenvalue weighted by molar-refractivity contribution is 0.237. The van der Waals surface area contributed by atoms with Gasteiger partial charge in [0.15, 0.2) is 16.8 Å². The number of aromatic nitrogens is 3. The molecule has 0 aliphatic carbocycles. The van der Waals surface area contributed by atoms with Crippen molar-refractivity contribution in [3.05, 3.63) is 30.6 Å². The van der Waals surface area contributed by atoms with Crippen LogP contribution in [0.5, 0.6) is 0 Å². The standard InChI is InChI=1S/C18H23N7S/c19-15-16(20-8-11-25-9-4-1-5-10-25)21-12-22-17(15)24-18-23-13-6-2-3-7-14(13)26-18/h2-3,6-7,12H,1,4-5,8-11,19H2,(H2,20,21,22,23,24). The van der Waals surface area contributed by atoms with Gasteiger partial charge in [-0.3, -0.25) is 0 Å². The molecular weight excluding hydrogens is 346 g/mol. The molecule has 1 aliphatic rings. The Bertz CT molecular complexity index is 840. The molecule has 0 spiro atoms. The SMILES string of the molecule is Nc1c(NCCN2CCCCC2)ncnc1Nc1nc2ccccc2s1. The Morgan fingerprint density at radius 2 is 1.88 bits per heavy atom. The molecule has 0 atom stereocenters. The predicted molar refractivity (Wildman–Crippen MR) is 108 cm³/mol. The highest BCUT2D eigenvalue weighted by Gasteiger charge is 2.12. The minimum absolute atomic E-state index is 0.519. The van der Waals surface area contributed by atoms with Gasteiger partial charge in [0.05, 0.1) is 10.2 Å². The van der Waals surface area contributed by atoms with Crippen molar-refractivity contribution in [2.75, 3.05) is 42.5 Å². The predicted octanol–water partition coefficient (Wildman–Crippen LogP) is 3.31. The summed E-state index contributed by atoms with van der Waals surface area (Å²) in [5.74, 6) is 1.25. The van der Waals surface area contributed by atoms with Gasteiger partial charge in [-0.15, -0.1) is 0 Å². The van der Waals surface area contributed by atoms with E-state index in [2.05, 4.69) is 36.6 Å². The van der Waals surface area contributed by atoms with Gasteiger partial charge in [0.2, 0.25) is 0 Å². The fourth-order valence-electron chi connectivity index (χ4n) is 3.18. The van der Waals surface area contributed by atoms with E-state index in [0.717, 1.165) is 28.4 Å². The molecule has 0 amide bonds. The second-order valence-electron chi connectivity index (χ2n) is 6.43. The van der Waals surface area contributed by atoms with Crippen LogP contribution in [0.3, 0.4) is 0 Å². The van der Waals surface area contributed by atoms with Gasteiger partial charge in [0.25, 0.3) is 0 Å². The number of piperidine rings is 1. The van der Waals surface area contributed by atoms with E-state index in [1.165, 1.54) is 38.7 Å².